The molecule has 0 radical (unpaired) electrons. The first kappa shape index (κ1) is 28.4. The number of aromatic nitrogens is 1. The van der Waals surface area contributed by atoms with Crippen molar-refractivity contribution in [1.82, 2.24) is 9.88 Å². The van der Waals surface area contributed by atoms with Gasteiger partial charge in [0.1, 0.15) is 5.75 Å². The average Bonchev–Trinajstić information content (AvgIpc) is 2.94. The molecule has 206 valence electrons. The molecule has 1 aliphatic heterocycles. The summed E-state index contributed by atoms with van der Waals surface area (Å²) < 4.78 is 45.2. The van der Waals surface area contributed by atoms with Crippen LogP contribution in [0.4, 0.5) is 13.2 Å². The van der Waals surface area contributed by atoms with E-state index in [1.165, 1.54) is 0 Å². The summed E-state index contributed by atoms with van der Waals surface area (Å²) in [6.45, 7) is 1.34. The number of aliphatic hydroxyl groups excluding tert-OH is 1. The molecule has 0 bridgehead atoms. The van der Waals surface area contributed by atoms with Crippen LogP contribution >= 0.6 is 0 Å². The standard InChI is InChI=1S/C29H30F3N3O4/c1-39-20-4-5-24-21(15-20)26(19(16-33)17-34-24)25(36)6-7-29(28(37)38)8-11-35(12-9-29)10-2-3-18-13-22(30)27(32)23(31)14-18/h4-5,13-15,17,25,36H,6-12,16,33H2,1H3,(H,37,38)/t25-/m0/s1. The number of benzene rings is 2. The molecule has 0 amide bonds. The SMILES string of the molecule is COc1ccc2ncc(CN)c([C@@H](O)CCC3(C(=O)O)CCN(CC#Cc4cc(F)c(F)c(F)c4)CC3)c2c1. The summed E-state index contributed by atoms with van der Waals surface area (Å²) in [6.07, 6.45) is 1.87. The van der Waals surface area contributed by atoms with E-state index < -0.39 is 34.9 Å². The molecule has 1 fully saturated rings. The molecule has 0 aliphatic carbocycles. The minimum Gasteiger partial charge on any atom is -0.497 e. The van der Waals surface area contributed by atoms with Crippen molar-refractivity contribution in [3.8, 4) is 17.6 Å². The van der Waals surface area contributed by atoms with Gasteiger partial charge in [0, 0.05) is 36.8 Å². The van der Waals surface area contributed by atoms with Gasteiger partial charge in [0.2, 0.25) is 0 Å². The van der Waals surface area contributed by atoms with Gasteiger partial charge in [-0.1, -0.05) is 11.8 Å². The Bertz CT molecular complexity index is 1400. The van der Waals surface area contributed by atoms with Gasteiger partial charge in [0.15, 0.2) is 17.5 Å². The van der Waals surface area contributed by atoms with Crippen molar-refractivity contribution >= 4 is 16.9 Å². The predicted molar refractivity (Wildman–Crippen MR) is 139 cm³/mol. The number of carboxylic acids is 1. The molecular formula is C29H30F3N3O4. The number of nitrogens with zero attached hydrogens (tertiary/aromatic N) is 2. The Hall–Kier alpha value is -3.65. The largest absolute Gasteiger partial charge is 0.497 e. The highest BCUT2D eigenvalue weighted by Crippen LogP contribution is 2.40. The Labute approximate surface area is 224 Å². The molecule has 2 aromatic carbocycles. The van der Waals surface area contributed by atoms with Crippen LogP contribution in [0.15, 0.2) is 36.5 Å². The van der Waals surface area contributed by atoms with E-state index in [0.717, 1.165) is 12.1 Å². The summed E-state index contributed by atoms with van der Waals surface area (Å²) in [4.78, 5) is 18.7. The zero-order chi connectivity index (χ0) is 28.2. The zero-order valence-electron chi connectivity index (χ0n) is 21.5. The van der Waals surface area contributed by atoms with E-state index >= 15 is 0 Å². The van der Waals surface area contributed by atoms with Crippen LogP contribution in [0.3, 0.4) is 0 Å². The van der Waals surface area contributed by atoms with Crippen LogP contribution in [0.25, 0.3) is 10.9 Å². The molecule has 1 atom stereocenters. The Morgan fingerprint density at radius 2 is 1.90 bits per heavy atom. The lowest BCUT2D eigenvalue weighted by Gasteiger charge is -2.38. The fraction of sp³-hybridized carbons (Fsp3) is 0.379. The summed E-state index contributed by atoms with van der Waals surface area (Å²) in [5.74, 6) is 0.989. The number of piperidine rings is 1. The molecule has 7 nitrogen and oxygen atoms in total. The number of ether oxygens (including phenoxy) is 1. The molecule has 4 N–H and O–H groups in total. The maximum atomic E-state index is 13.4. The van der Waals surface area contributed by atoms with Gasteiger partial charge in [-0.2, -0.15) is 0 Å². The second-order valence-corrected chi connectivity index (χ2v) is 9.76. The van der Waals surface area contributed by atoms with Gasteiger partial charge in [-0.05, 0) is 67.1 Å². The van der Waals surface area contributed by atoms with Crippen molar-refractivity contribution in [2.24, 2.45) is 11.1 Å². The van der Waals surface area contributed by atoms with Crippen LogP contribution < -0.4 is 10.5 Å². The third-order valence-electron chi connectivity index (χ3n) is 7.43. The van der Waals surface area contributed by atoms with Gasteiger partial charge >= 0.3 is 5.97 Å². The first-order valence-corrected chi connectivity index (χ1v) is 12.6. The van der Waals surface area contributed by atoms with Gasteiger partial charge in [-0.3, -0.25) is 14.7 Å². The van der Waals surface area contributed by atoms with Crippen molar-refractivity contribution < 1.29 is 32.9 Å². The van der Waals surface area contributed by atoms with Crippen molar-refractivity contribution in [2.75, 3.05) is 26.7 Å². The number of fused-ring (bicyclic) bond motifs is 1. The van der Waals surface area contributed by atoms with Gasteiger partial charge in [0.05, 0.1) is 30.7 Å². The van der Waals surface area contributed by atoms with Crippen LogP contribution in [0.2, 0.25) is 0 Å². The maximum Gasteiger partial charge on any atom is 0.309 e. The minimum absolute atomic E-state index is 0.0235. The van der Waals surface area contributed by atoms with E-state index in [9.17, 15) is 28.2 Å². The number of carbonyl (C=O) groups is 1. The topological polar surface area (TPSA) is 109 Å². The summed E-state index contributed by atoms with van der Waals surface area (Å²) in [6, 6.07) is 7.04. The first-order valence-electron chi connectivity index (χ1n) is 12.6. The van der Waals surface area contributed by atoms with Crippen LogP contribution in [-0.2, 0) is 11.3 Å². The number of hydrogen-bond acceptors (Lipinski definition) is 6. The number of carboxylic acid groups (broad SMARTS) is 1. The number of likely N-dealkylation sites (tertiary alicyclic amines) is 1. The number of aliphatic hydroxyl groups is 1. The van der Waals surface area contributed by atoms with Crippen molar-refractivity contribution in [2.45, 2.75) is 38.3 Å². The number of nitrogens with two attached hydrogens (primary N) is 1. The summed E-state index contributed by atoms with van der Waals surface area (Å²) in [7, 11) is 1.55. The molecule has 1 aliphatic rings. The lowest BCUT2D eigenvalue weighted by Crippen LogP contribution is -2.44. The Morgan fingerprint density at radius 1 is 1.21 bits per heavy atom. The molecule has 39 heavy (non-hydrogen) atoms. The van der Waals surface area contributed by atoms with E-state index in [4.69, 9.17) is 10.5 Å². The third kappa shape index (κ3) is 6.17. The lowest BCUT2D eigenvalue weighted by atomic mass is 9.74. The van der Waals surface area contributed by atoms with Gasteiger partial charge in [0.25, 0.3) is 0 Å². The number of aliphatic carboxylic acids is 1. The number of hydrogen-bond donors (Lipinski definition) is 3. The molecule has 1 aromatic heterocycles. The second-order valence-electron chi connectivity index (χ2n) is 9.76. The lowest BCUT2D eigenvalue weighted by molar-refractivity contribution is -0.153. The quantitative estimate of drug-likeness (QED) is 0.290. The predicted octanol–water partition coefficient (Wildman–Crippen LogP) is 4.15. The minimum atomic E-state index is -1.54. The van der Waals surface area contributed by atoms with Gasteiger partial charge in [-0.15, -0.1) is 0 Å². The Morgan fingerprint density at radius 3 is 2.51 bits per heavy atom. The highest BCUT2D eigenvalue weighted by Gasteiger charge is 2.41. The van der Waals surface area contributed by atoms with E-state index in [0.29, 0.717) is 53.7 Å². The number of methoxy groups -OCH3 is 1. The fourth-order valence-corrected chi connectivity index (χ4v) is 5.06. The van der Waals surface area contributed by atoms with Gasteiger partial charge < -0.3 is 20.7 Å². The van der Waals surface area contributed by atoms with Crippen molar-refractivity contribution in [3.63, 3.8) is 0 Å². The fourth-order valence-electron chi connectivity index (χ4n) is 5.06. The van der Waals surface area contributed by atoms with Gasteiger partial charge in [-0.25, -0.2) is 13.2 Å². The summed E-state index contributed by atoms with van der Waals surface area (Å²) >= 11 is 0. The molecule has 0 unspecified atom stereocenters. The molecule has 1 saturated heterocycles. The molecule has 0 saturated carbocycles. The zero-order valence-corrected chi connectivity index (χ0v) is 21.5. The van der Waals surface area contributed by atoms with E-state index in [1.807, 2.05) is 4.90 Å². The van der Waals surface area contributed by atoms with E-state index in [1.54, 1.807) is 31.5 Å². The second kappa shape index (κ2) is 12.0. The van der Waals surface area contributed by atoms with Crippen molar-refractivity contribution in [1.29, 1.82) is 0 Å². The third-order valence-corrected chi connectivity index (χ3v) is 7.43. The summed E-state index contributed by atoms with van der Waals surface area (Å²) in [5, 5.41) is 22.1. The van der Waals surface area contributed by atoms with Crippen LogP contribution in [0, 0.1) is 34.7 Å². The van der Waals surface area contributed by atoms with E-state index in [-0.39, 0.29) is 31.5 Å². The van der Waals surface area contributed by atoms with Crippen LogP contribution in [0.1, 0.15) is 48.5 Å². The highest BCUT2D eigenvalue weighted by atomic mass is 19.2. The molecule has 10 heteroatoms. The number of pyridine rings is 1. The smallest absolute Gasteiger partial charge is 0.309 e. The Kier molecular flexibility index (Phi) is 8.75. The Balaban J connectivity index is 1.43. The normalized spacial score (nSPS) is 15.9. The number of halogens is 3. The molecule has 4 rings (SSSR count). The highest BCUT2D eigenvalue weighted by molar-refractivity contribution is 5.85. The van der Waals surface area contributed by atoms with E-state index in [2.05, 4.69) is 16.8 Å². The molecular weight excluding hydrogens is 511 g/mol. The average molecular weight is 542 g/mol. The maximum absolute atomic E-state index is 13.4. The molecule has 0 spiro atoms. The molecule has 3 aromatic rings. The molecule has 2 heterocycles. The van der Waals surface area contributed by atoms with Crippen LogP contribution in [0.5, 0.6) is 5.75 Å². The monoisotopic (exact) mass is 541 g/mol. The first-order chi connectivity index (χ1) is 18.7. The number of rotatable bonds is 8. The summed E-state index contributed by atoms with van der Waals surface area (Å²) in [5.41, 5.74) is 6.92. The van der Waals surface area contributed by atoms with Crippen molar-refractivity contribution in [3.05, 3.63) is 70.7 Å². The van der Waals surface area contributed by atoms with Crippen LogP contribution in [-0.4, -0.2) is 52.8 Å².